The van der Waals surface area contributed by atoms with Crippen molar-refractivity contribution in [2.45, 2.75) is 38.0 Å². The van der Waals surface area contributed by atoms with Gasteiger partial charge in [0.2, 0.25) is 0 Å². The monoisotopic (exact) mass is 370 g/mol. The Kier molecular flexibility index (Phi) is 5.63. The highest BCUT2D eigenvalue weighted by atomic mass is 16.5. The van der Waals surface area contributed by atoms with Gasteiger partial charge in [-0.2, -0.15) is 0 Å². The smallest absolute Gasteiger partial charge is 0.142 e. The van der Waals surface area contributed by atoms with E-state index in [1.807, 2.05) is 63.2 Å². The Morgan fingerprint density at radius 2 is 1.89 bits per heavy atom. The molecule has 146 valence electrons. The summed E-state index contributed by atoms with van der Waals surface area (Å²) in [5, 5.41) is 14.5. The van der Waals surface area contributed by atoms with Crippen molar-refractivity contribution in [2.75, 3.05) is 32.6 Å². The molecule has 1 aliphatic rings. The summed E-state index contributed by atoms with van der Waals surface area (Å²) >= 11 is 0. The highest BCUT2D eigenvalue weighted by Gasteiger charge is 2.43. The Labute approximate surface area is 161 Å². The molecule has 0 saturated heterocycles. The van der Waals surface area contributed by atoms with Crippen molar-refractivity contribution < 1.29 is 14.6 Å². The number of nitrogens with zero attached hydrogens (tertiary/aromatic N) is 1. The second-order valence-corrected chi connectivity index (χ2v) is 7.77. The van der Waals surface area contributed by atoms with Gasteiger partial charge in [-0.15, -0.1) is 0 Å². The Balaban J connectivity index is 1.88. The Hall–Kier alpha value is -2.24. The van der Waals surface area contributed by atoms with Gasteiger partial charge in [0.15, 0.2) is 0 Å². The predicted molar refractivity (Wildman–Crippen MR) is 109 cm³/mol. The number of fused-ring (bicyclic) bond motifs is 1. The summed E-state index contributed by atoms with van der Waals surface area (Å²) in [6.07, 6.45) is 0.226. The van der Waals surface area contributed by atoms with Crippen LogP contribution in [0.1, 0.15) is 31.0 Å². The summed E-state index contributed by atoms with van der Waals surface area (Å²) < 4.78 is 11.7. The van der Waals surface area contributed by atoms with E-state index in [0.717, 1.165) is 35.7 Å². The van der Waals surface area contributed by atoms with Gasteiger partial charge in [0.05, 0.1) is 18.8 Å². The maximum Gasteiger partial charge on any atom is 0.142 e. The van der Waals surface area contributed by atoms with Crippen molar-refractivity contribution in [1.82, 2.24) is 5.32 Å². The third kappa shape index (κ3) is 4.04. The van der Waals surface area contributed by atoms with E-state index < -0.39 is 11.7 Å². The molecule has 0 amide bonds. The van der Waals surface area contributed by atoms with Crippen LogP contribution < -0.4 is 19.7 Å². The number of benzene rings is 2. The van der Waals surface area contributed by atoms with E-state index in [9.17, 15) is 5.11 Å². The van der Waals surface area contributed by atoms with Crippen LogP contribution in [0.15, 0.2) is 42.5 Å². The number of methoxy groups -OCH3 is 1. The van der Waals surface area contributed by atoms with Crippen LogP contribution in [-0.4, -0.2) is 44.6 Å². The molecule has 3 rings (SSSR count). The first-order valence-corrected chi connectivity index (χ1v) is 9.37. The zero-order valence-corrected chi connectivity index (χ0v) is 16.8. The third-order valence-electron chi connectivity index (χ3n) is 5.15. The normalized spacial score (nSPS) is 20.5. The molecule has 2 aromatic rings. The van der Waals surface area contributed by atoms with E-state index in [4.69, 9.17) is 9.47 Å². The van der Waals surface area contributed by atoms with Crippen molar-refractivity contribution in [3.63, 3.8) is 0 Å². The van der Waals surface area contributed by atoms with Crippen molar-refractivity contribution in [3.05, 3.63) is 53.6 Å². The van der Waals surface area contributed by atoms with Crippen LogP contribution in [0.5, 0.6) is 11.5 Å². The summed E-state index contributed by atoms with van der Waals surface area (Å²) in [5.41, 5.74) is 2.46. The first-order valence-electron chi connectivity index (χ1n) is 9.37. The zero-order valence-electron chi connectivity index (χ0n) is 16.8. The molecule has 0 aromatic heterocycles. The van der Waals surface area contributed by atoms with Gasteiger partial charge in [0.1, 0.15) is 23.2 Å². The van der Waals surface area contributed by atoms with Gasteiger partial charge < -0.3 is 24.8 Å². The summed E-state index contributed by atoms with van der Waals surface area (Å²) in [6, 6.07) is 14.1. The number of anilines is 1. The van der Waals surface area contributed by atoms with Gasteiger partial charge in [-0.3, -0.25) is 0 Å². The lowest BCUT2D eigenvalue weighted by molar-refractivity contribution is -0.0644. The summed E-state index contributed by atoms with van der Waals surface area (Å²) in [7, 11) is 5.61. The summed E-state index contributed by atoms with van der Waals surface area (Å²) in [5.74, 6) is 1.55. The number of nitrogens with one attached hydrogen (secondary N) is 1. The minimum atomic E-state index is -0.685. The molecule has 2 aromatic carbocycles. The molecule has 2 atom stereocenters. The molecule has 1 heterocycles. The molecule has 0 radical (unpaired) electrons. The fraction of sp³-hybridized carbons (Fsp3) is 0.455. The zero-order chi connectivity index (χ0) is 19.6. The standard InChI is InChI=1S/C22H30N2O3/c1-22(2)21(25)20(23-12-11-15-9-7-6-8-10-15)16-13-19(26-5)17(24(3)4)14-18(16)27-22/h6-10,13-14,20-21,23,25H,11-12H2,1-5H3/t20-,21?/m0/s1. The third-order valence-corrected chi connectivity index (χ3v) is 5.15. The molecule has 0 bridgehead atoms. The quantitative estimate of drug-likeness (QED) is 0.818. The van der Waals surface area contributed by atoms with E-state index in [0.29, 0.717) is 0 Å². The van der Waals surface area contributed by atoms with Crippen molar-refractivity contribution in [3.8, 4) is 11.5 Å². The number of ether oxygens (including phenoxy) is 2. The van der Waals surface area contributed by atoms with E-state index >= 15 is 0 Å². The van der Waals surface area contributed by atoms with Crippen LogP contribution in [0.3, 0.4) is 0 Å². The highest BCUT2D eigenvalue weighted by molar-refractivity contribution is 5.64. The number of rotatable bonds is 6. The van der Waals surface area contributed by atoms with Gasteiger partial charge in [-0.1, -0.05) is 30.3 Å². The second-order valence-electron chi connectivity index (χ2n) is 7.77. The Morgan fingerprint density at radius 3 is 2.52 bits per heavy atom. The number of hydrogen-bond acceptors (Lipinski definition) is 5. The van der Waals surface area contributed by atoms with Crippen LogP contribution in [-0.2, 0) is 6.42 Å². The maximum absolute atomic E-state index is 10.9. The summed E-state index contributed by atoms with van der Waals surface area (Å²) in [6.45, 7) is 4.61. The van der Waals surface area contributed by atoms with Crippen molar-refractivity contribution in [2.24, 2.45) is 0 Å². The lowest BCUT2D eigenvalue weighted by atomic mass is 9.86. The molecule has 5 nitrogen and oxygen atoms in total. The average Bonchev–Trinajstić information content (AvgIpc) is 2.64. The van der Waals surface area contributed by atoms with Crippen LogP contribution in [0.4, 0.5) is 5.69 Å². The first-order chi connectivity index (χ1) is 12.8. The molecule has 0 fully saturated rings. The molecule has 1 aliphatic heterocycles. The summed E-state index contributed by atoms with van der Waals surface area (Å²) in [4.78, 5) is 2.00. The van der Waals surface area contributed by atoms with Crippen LogP contribution in [0.2, 0.25) is 0 Å². The molecule has 2 N–H and O–H groups in total. The topological polar surface area (TPSA) is 54.0 Å². The van der Waals surface area contributed by atoms with E-state index in [-0.39, 0.29) is 6.04 Å². The van der Waals surface area contributed by atoms with Crippen LogP contribution in [0.25, 0.3) is 0 Å². The molecular formula is C22H30N2O3. The molecule has 27 heavy (non-hydrogen) atoms. The van der Waals surface area contributed by atoms with Gasteiger partial charge in [0, 0.05) is 25.7 Å². The first kappa shape index (κ1) is 19.5. The maximum atomic E-state index is 10.9. The Morgan fingerprint density at radius 1 is 1.19 bits per heavy atom. The molecule has 0 aliphatic carbocycles. The Bertz CT molecular complexity index is 775. The number of hydrogen-bond donors (Lipinski definition) is 2. The lowest BCUT2D eigenvalue weighted by Gasteiger charge is -2.43. The van der Waals surface area contributed by atoms with Gasteiger partial charge in [0.25, 0.3) is 0 Å². The van der Waals surface area contributed by atoms with E-state index in [2.05, 4.69) is 17.4 Å². The minimum absolute atomic E-state index is 0.224. The number of aliphatic hydroxyl groups is 1. The lowest BCUT2D eigenvalue weighted by Crippen LogP contribution is -2.52. The fourth-order valence-corrected chi connectivity index (χ4v) is 3.56. The van der Waals surface area contributed by atoms with Crippen LogP contribution in [0, 0.1) is 0 Å². The molecular weight excluding hydrogens is 340 g/mol. The van der Waals surface area contributed by atoms with E-state index in [1.54, 1.807) is 7.11 Å². The fourth-order valence-electron chi connectivity index (χ4n) is 3.56. The van der Waals surface area contributed by atoms with E-state index in [1.165, 1.54) is 5.56 Å². The van der Waals surface area contributed by atoms with Crippen LogP contribution >= 0.6 is 0 Å². The molecule has 5 heteroatoms. The van der Waals surface area contributed by atoms with Gasteiger partial charge in [-0.05, 0) is 38.4 Å². The van der Waals surface area contributed by atoms with Crippen molar-refractivity contribution in [1.29, 1.82) is 0 Å². The highest BCUT2D eigenvalue weighted by Crippen LogP contribution is 2.45. The van der Waals surface area contributed by atoms with Gasteiger partial charge in [-0.25, -0.2) is 0 Å². The number of aliphatic hydroxyl groups excluding tert-OH is 1. The minimum Gasteiger partial charge on any atom is -0.495 e. The van der Waals surface area contributed by atoms with Crippen molar-refractivity contribution >= 4 is 5.69 Å². The molecule has 0 saturated carbocycles. The largest absolute Gasteiger partial charge is 0.495 e. The second kappa shape index (κ2) is 7.79. The molecule has 1 unspecified atom stereocenters. The SMILES string of the molecule is COc1cc2c(cc1N(C)C)OC(C)(C)C(O)[C@H]2NCCc1ccccc1. The average molecular weight is 370 g/mol. The predicted octanol–water partition coefficient (Wildman–Crippen LogP) is 3.17. The van der Waals surface area contributed by atoms with Gasteiger partial charge >= 0.3 is 0 Å². The molecule has 0 spiro atoms.